The Bertz CT molecular complexity index is 649. The maximum atomic E-state index is 13.1. The average molecular weight is 298 g/mol. The molecule has 0 spiro atoms. The molecule has 2 aromatic rings. The van der Waals surface area contributed by atoms with E-state index in [0.717, 1.165) is 18.2 Å². The number of hydrogen-bond donors (Lipinski definition) is 2. The van der Waals surface area contributed by atoms with Gasteiger partial charge in [0.05, 0.1) is 0 Å². The maximum absolute atomic E-state index is 13.1. The van der Waals surface area contributed by atoms with Crippen molar-refractivity contribution in [2.75, 3.05) is 5.32 Å². The third-order valence-corrected chi connectivity index (χ3v) is 2.98. The molecule has 0 saturated heterocycles. The highest BCUT2D eigenvalue weighted by atomic mass is 35.5. The van der Waals surface area contributed by atoms with Crippen molar-refractivity contribution in [3.8, 4) is 0 Å². The molecule has 1 atom stereocenters. The van der Waals surface area contributed by atoms with Crippen molar-refractivity contribution in [3.63, 3.8) is 0 Å². The number of aliphatic carboxylic acids is 1. The number of hydrogen-bond acceptors (Lipinski definition) is 2. The van der Waals surface area contributed by atoms with E-state index >= 15 is 0 Å². The SMILES string of the molecule is O=C(O)C(Nc1cccc(F)c1)c1ccc(F)cc1Cl. The Morgan fingerprint density at radius 3 is 2.45 bits per heavy atom. The second-order valence-corrected chi connectivity index (χ2v) is 4.50. The second kappa shape index (κ2) is 5.88. The number of anilines is 1. The van der Waals surface area contributed by atoms with Crippen molar-refractivity contribution in [1.29, 1.82) is 0 Å². The Morgan fingerprint density at radius 1 is 1.15 bits per heavy atom. The number of carboxylic acid groups (broad SMARTS) is 1. The molecule has 0 saturated carbocycles. The Morgan fingerprint density at radius 2 is 1.85 bits per heavy atom. The highest BCUT2D eigenvalue weighted by Crippen LogP contribution is 2.27. The molecule has 2 rings (SSSR count). The molecular weight excluding hydrogens is 288 g/mol. The van der Waals surface area contributed by atoms with Gasteiger partial charge >= 0.3 is 5.97 Å². The molecule has 0 heterocycles. The largest absolute Gasteiger partial charge is 0.479 e. The van der Waals surface area contributed by atoms with Crippen LogP contribution in [0.3, 0.4) is 0 Å². The van der Waals surface area contributed by atoms with E-state index in [4.69, 9.17) is 11.6 Å². The molecule has 0 aliphatic rings. The lowest BCUT2D eigenvalue weighted by atomic mass is 10.1. The van der Waals surface area contributed by atoms with E-state index in [9.17, 15) is 18.7 Å². The number of nitrogens with one attached hydrogen (secondary N) is 1. The number of carbonyl (C=O) groups is 1. The van der Waals surface area contributed by atoms with Crippen LogP contribution < -0.4 is 5.32 Å². The summed E-state index contributed by atoms with van der Waals surface area (Å²) in [4.78, 5) is 11.3. The molecule has 104 valence electrons. The maximum Gasteiger partial charge on any atom is 0.330 e. The van der Waals surface area contributed by atoms with Gasteiger partial charge in [0, 0.05) is 16.3 Å². The minimum absolute atomic E-state index is 0.0127. The fraction of sp³-hybridized carbons (Fsp3) is 0.0714. The summed E-state index contributed by atoms with van der Waals surface area (Å²) in [5.74, 6) is -2.26. The van der Waals surface area contributed by atoms with Crippen LogP contribution in [0.15, 0.2) is 42.5 Å². The van der Waals surface area contributed by atoms with Gasteiger partial charge in [-0.3, -0.25) is 0 Å². The molecule has 0 aliphatic carbocycles. The molecule has 0 bridgehead atoms. The van der Waals surface area contributed by atoms with E-state index in [0.29, 0.717) is 0 Å². The van der Waals surface area contributed by atoms with Crippen LogP contribution in [0.5, 0.6) is 0 Å². The van der Waals surface area contributed by atoms with Crippen LogP contribution in [-0.4, -0.2) is 11.1 Å². The van der Waals surface area contributed by atoms with E-state index in [1.54, 1.807) is 0 Å². The second-order valence-electron chi connectivity index (χ2n) is 4.09. The monoisotopic (exact) mass is 297 g/mol. The molecule has 0 radical (unpaired) electrons. The smallest absolute Gasteiger partial charge is 0.330 e. The van der Waals surface area contributed by atoms with E-state index in [2.05, 4.69) is 5.32 Å². The molecule has 3 nitrogen and oxygen atoms in total. The summed E-state index contributed by atoms with van der Waals surface area (Å²) in [7, 11) is 0. The van der Waals surface area contributed by atoms with Crippen molar-refractivity contribution in [2.45, 2.75) is 6.04 Å². The zero-order valence-corrected chi connectivity index (χ0v) is 10.9. The average Bonchev–Trinajstić information content (AvgIpc) is 2.36. The molecular formula is C14H10ClF2NO2. The van der Waals surface area contributed by atoms with Gasteiger partial charge in [-0.25, -0.2) is 13.6 Å². The van der Waals surface area contributed by atoms with Gasteiger partial charge in [-0.05, 0) is 30.3 Å². The summed E-state index contributed by atoms with van der Waals surface area (Å²) in [6.45, 7) is 0. The third kappa shape index (κ3) is 3.24. The first-order valence-electron chi connectivity index (χ1n) is 5.67. The van der Waals surface area contributed by atoms with Crippen LogP contribution >= 0.6 is 11.6 Å². The van der Waals surface area contributed by atoms with Crippen molar-refractivity contribution in [1.82, 2.24) is 0 Å². The van der Waals surface area contributed by atoms with Crippen LogP contribution in [0.2, 0.25) is 5.02 Å². The molecule has 0 aromatic heterocycles. The van der Waals surface area contributed by atoms with Gasteiger partial charge in [-0.1, -0.05) is 23.7 Å². The third-order valence-electron chi connectivity index (χ3n) is 2.66. The van der Waals surface area contributed by atoms with Crippen LogP contribution in [0.4, 0.5) is 14.5 Å². The summed E-state index contributed by atoms with van der Waals surface area (Å²) in [5.41, 5.74) is 0.489. The Balaban J connectivity index is 2.34. The van der Waals surface area contributed by atoms with E-state index in [1.165, 1.54) is 24.3 Å². The predicted molar refractivity (Wildman–Crippen MR) is 71.8 cm³/mol. The summed E-state index contributed by atoms with van der Waals surface area (Å²) < 4.78 is 26.1. The van der Waals surface area contributed by atoms with Crippen molar-refractivity contribution < 1.29 is 18.7 Å². The lowest BCUT2D eigenvalue weighted by Gasteiger charge is -2.17. The molecule has 0 fully saturated rings. The first kappa shape index (κ1) is 14.3. The lowest BCUT2D eigenvalue weighted by Crippen LogP contribution is -2.21. The normalized spacial score (nSPS) is 11.9. The van der Waals surface area contributed by atoms with Gasteiger partial charge < -0.3 is 10.4 Å². The first-order chi connectivity index (χ1) is 9.47. The highest BCUT2D eigenvalue weighted by Gasteiger charge is 2.22. The van der Waals surface area contributed by atoms with Gasteiger partial charge in [0.25, 0.3) is 0 Å². The van der Waals surface area contributed by atoms with Gasteiger partial charge in [0.15, 0.2) is 6.04 Å². The van der Waals surface area contributed by atoms with E-state index in [1.807, 2.05) is 0 Å². The zero-order chi connectivity index (χ0) is 14.7. The molecule has 1 unspecified atom stereocenters. The zero-order valence-electron chi connectivity index (χ0n) is 10.1. The van der Waals surface area contributed by atoms with E-state index < -0.39 is 23.6 Å². The lowest BCUT2D eigenvalue weighted by molar-refractivity contribution is -0.138. The van der Waals surface area contributed by atoms with Gasteiger partial charge in [-0.15, -0.1) is 0 Å². The Kier molecular flexibility index (Phi) is 4.20. The minimum Gasteiger partial charge on any atom is -0.479 e. The van der Waals surface area contributed by atoms with Crippen molar-refractivity contribution in [3.05, 3.63) is 64.7 Å². The molecule has 0 amide bonds. The molecule has 20 heavy (non-hydrogen) atoms. The number of rotatable bonds is 4. The topological polar surface area (TPSA) is 49.3 Å². The molecule has 2 N–H and O–H groups in total. The van der Waals surface area contributed by atoms with Gasteiger partial charge in [0.2, 0.25) is 0 Å². The highest BCUT2D eigenvalue weighted by molar-refractivity contribution is 6.31. The summed E-state index contributed by atoms with van der Waals surface area (Å²) in [6, 6.07) is 7.59. The quantitative estimate of drug-likeness (QED) is 0.901. The van der Waals surface area contributed by atoms with Gasteiger partial charge in [-0.2, -0.15) is 0 Å². The first-order valence-corrected chi connectivity index (χ1v) is 6.05. The summed E-state index contributed by atoms with van der Waals surface area (Å²) in [5, 5.41) is 11.9. The van der Waals surface area contributed by atoms with E-state index in [-0.39, 0.29) is 16.3 Å². The summed E-state index contributed by atoms with van der Waals surface area (Å²) >= 11 is 5.85. The molecule has 2 aromatic carbocycles. The number of halogens is 3. The van der Waals surface area contributed by atoms with Crippen molar-refractivity contribution in [2.24, 2.45) is 0 Å². The fourth-order valence-corrected chi connectivity index (χ4v) is 2.03. The Hall–Kier alpha value is -2.14. The molecule has 6 heteroatoms. The van der Waals surface area contributed by atoms with Crippen molar-refractivity contribution >= 4 is 23.3 Å². The predicted octanol–water partition coefficient (Wildman–Crippen LogP) is 3.86. The summed E-state index contributed by atoms with van der Waals surface area (Å²) in [6.07, 6.45) is 0. The fourth-order valence-electron chi connectivity index (χ4n) is 1.75. The minimum atomic E-state index is -1.21. The standard InChI is InChI=1S/C14H10ClF2NO2/c15-12-7-9(17)4-5-11(12)13(14(19)20)18-10-3-1-2-8(16)6-10/h1-7,13,18H,(H,19,20). The van der Waals surface area contributed by atoms with Gasteiger partial charge in [0.1, 0.15) is 11.6 Å². The Labute approximate surface area is 118 Å². The van der Waals surface area contributed by atoms with Crippen LogP contribution in [0.25, 0.3) is 0 Å². The molecule has 0 aliphatic heterocycles. The van der Waals surface area contributed by atoms with Crippen LogP contribution in [-0.2, 0) is 4.79 Å². The van der Waals surface area contributed by atoms with Crippen LogP contribution in [0.1, 0.15) is 11.6 Å². The van der Waals surface area contributed by atoms with Crippen LogP contribution in [0, 0.1) is 11.6 Å². The number of benzene rings is 2. The number of carboxylic acids is 1.